The third-order valence-electron chi connectivity index (χ3n) is 5.15. The van der Waals surface area contributed by atoms with Crippen LogP contribution >= 0.6 is 0 Å². The smallest absolute Gasteiger partial charge is 0.269 e. The molecule has 0 aromatic carbocycles. The highest BCUT2D eigenvalue weighted by Crippen LogP contribution is 2.26. The van der Waals surface area contributed by atoms with E-state index in [-0.39, 0.29) is 12.1 Å². The van der Waals surface area contributed by atoms with E-state index in [4.69, 9.17) is 4.52 Å². The Balaban J connectivity index is 1.61. The molecule has 0 unspecified atom stereocenters. The van der Waals surface area contributed by atoms with E-state index in [0.29, 0.717) is 31.0 Å². The van der Waals surface area contributed by atoms with Crippen LogP contribution in [0, 0.1) is 13.8 Å². The fourth-order valence-corrected chi connectivity index (χ4v) is 3.44. The zero-order valence-electron chi connectivity index (χ0n) is 16.2. The Bertz CT molecular complexity index is 1050. The fraction of sp³-hybridized carbons (Fsp3) is 0.400. The van der Waals surface area contributed by atoms with E-state index >= 15 is 0 Å². The number of anilines is 1. The predicted octanol–water partition coefficient (Wildman–Crippen LogP) is 1.92. The maximum atomic E-state index is 12.6. The van der Waals surface area contributed by atoms with E-state index in [1.807, 2.05) is 30.9 Å². The van der Waals surface area contributed by atoms with E-state index in [1.54, 1.807) is 25.4 Å². The van der Waals surface area contributed by atoms with Crippen LogP contribution in [0.1, 0.15) is 30.4 Å². The second-order valence-electron chi connectivity index (χ2n) is 7.63. The maximum Gasteiger partial charge on any atom is 0.269 e. The molecule has 1 aliphatic rings. The van der Waals surface area contributed by atoms with Gasteiger partial charge in [0.1, 0.15) is 11.5 Å². The average Bonchev–Trinajstić information content (AvgIpc) is 3.20. The molecule has 3 aromatic rings. The molecule has 8 heteroatoms. The van der Waals surface area contributed by atoms with Gasteiger partial charge >= 0.3 is 0 Å². The quantitative estimate of drug-likeness (QED) is 0.737. The standard InChI is InChI=1S/C20H23N5O3/c1-13-4-5-15(9-21-13)19-17(14(2)28-23-19)11-25-18(26)8-16(10-22-25)24-7-6-20(3,27)12-24/h4-5,8-10,27H,6-7,11-12H2,1-3H3/t20-/m0/s1. The van der Waals surface area contributed by atoms with Crippen LogP contribution in [-0.4, -0.2) is 43.7 Å². The molecule has 4 rings (SSSR count). The van der Waals surface area contributed by atoms with E-state index in [0.717, 1.165) is 22.5 Å². The number of β-amino-alcohol motifs (C(OH)–C–C–N with tert-alkyl or cyclic N) is 1. The van der Waals surface area contributed by atoms with Gasteiger partial charge in [0.15, 0.2) is 0 Å². The van der Waals surface area contributed by atoms with Gasteiger partial charge in [-0.2, -0.15) is 5.10 Å². The highest BCUT2D eigenvalue weighted by atomic mass is 16.5. The van der Waals surface area contributed by atoms with Crippen LogP contribution in [0.5, 0.6) is 0 Å². The predicted molar refractivity (Wildman–Crippen MR) is 104 cm³/mol. The number of aromatic nitrogens is 4. The van der Waals surface area contributed by atoms with Gasteiger partial charge in [0.05, 0.1) is 24.0 Å². The Hall–Kier alpha value is -3.00. The van der Waals surface area contributed by atoms with Crippen molar-refractivity contribution in [2.45, 2.75) is 39.3 Å². The van der Waals surface area contributed by atoms with Gasteiger partial charge in [-0.25, -0.2) is 4.68 Å². The van der Waals surface area contributed by atoms with Crippen LogP contribution in [-0.2, 0) is 6.54 Å². The molecule has 0 spiro atoms. The molecule has 0 amide bonds. The Kier molecular flexibility index (Phi) is 4.50. The van der Waals surface area contributed by atoms with E-state index < -0.39 is 5.60 Å². The molecule has 1 fully saturated rings. The summed E-state index contributed by atoms with van der Waals surface area (Å²) in [6, 6.07) is 5.40. The van der Waals surface area contributed by atoms with Crippen LogP contribution in [0.25, 0.3) is 11.3 Å². The summed E-state index contributed by atoms with van der Waals surface area (Å²) in [6.45, 7) is 7.00. The first kappa shape index (κ1) is 18.4. The van der Waals surface area contributed by atoms with Gasteiger partial charge in [-0.3, -0.25) is 9.78 Å². The lowest BCUT2D eigenvalue weighted by Crippen LogP contribution is -2.31. The minimum atomic E-state index is -0.731. The lowest BCUT2D eigenvalue weighted by Gasteiger charge is -2.20. The largest absolute Gasteiger partial charge is 0.388 e. The topological polar surface area (TPSA) is 97.3 Å². The van der Waals surface area contributed by atoms with E-state index in [1.165, 1.54) is 4.68 Å². The first-order valence-electron chi connectivity index (χ1n) is 9.25. The van der Waals surface area contributed by atoms with Crippen LogP contribution in [0.4, 0.5) is 5.69 Å². The SMILES string of the molecule is Cc1ccc(-c2noc(C)c2Cn2ncc(N3CC[C@](C)(O)C3)cc2=O)cn1. The number of rotatable bonds is 4. The molecule has 1 atom stereocenters. The van der Waals surface area contributed by atoms with Crippen LogP contribution < -0.4 is 10.5 Å². The minimum absolute atomic E-state index is 0.211. The van der Waals surface area contributed by atoms with Crippen LogP contribution in [0.3, 0.4) is 0 Å². The molecule has 0 bridgehead atoms. The van der Waals surface area contributed by atoms with Gasteiger partial charge in [-0.1, -0.05) is 5.16 Å². The molecule has 1 N–H and O–H groups in total. The summed E-state index contributed by atoms with van der Waals surface area (Å²) >= 11 is 0. The molecule has 1 saturated heterocycles. The first-order valence-corrected chi connectivity index (χ1v) is 9.25. The molecule has 146 valence electrons. The Labute approximate surface area is 162 Å². The van der Waals surface area contributed by atoms with Gasteiger partial charge < -0.3 is 14.5 Å². The number of nitrogens with zero attached hydrogens (tertiary/aromatic N) is 5. The number of aryl methyl sites for hydroxylation is 2. The second kappa shape index (κ2) is 6.87. The summed E-state index contributed by atoms with van der Waals surface area (Å²) in [4.78, 5) is 18.9. The molecule has 0 radical (unpaired) electrons. The third-order valence-corrected chi connectivity index (χ3v) is 5.15. The van der Waals surface area contributed by atoms with Crippen molar-refractivity contribution < 1.29 is 9.63 Å². The van der Waals surface area contributed by atoms with Gasteiger partial charge in [0.25, 0.3) is 5.56 Å². The number of aliphatic hydroxyl groups is 1. The Morgan fingerprint density at radius 3 is 2.75 bits per heavy atom. The molecule has 4 heterocycles. The second-order valence-corrected chi connectivity index (χ2v) is 7.63. The van der Waals surface area contributed by atoms with Gasteiger partial charge in [0, 0.05) is 42.2 Å². The van der Waals surface area contributed by atoms with Crippen molar-refractivity contribution in [1.82, 2.24) is 19.9 Å². The molecule has 3 aromatic heterocycles. The van der Waals surface area contributed by atoms with Crippen molar-refractivity contribution in [1.29, 1.82) is 0 Å². The summed E-state index contributed by atoms with van der Waals surface area (Å²) < 4.78 is 6.75. The van der Waals surface area contributed by atoms with E-state index in [9.17, 15) is 9.90 Å². The van der Waals surface area contributed by atoms with Crippen molar-refractivity contribution in [3.8, 4) is 11.3 Å². The van der Waals surface area contributed by atoms with Gasteiger partial charge in [0.2, 0.25) is 0 Å². The molecule has 8 nitrogen and oxygen atoms in total. The normalized spacial score (nSPS) is 19.4. The molecule has 1 aliphatic heterocycles. The maximum absolute atomic E-state index is 12.6. The van der Waals surface area contributed by atoms with Crippen molar-refractivity contribution >= 4 is 5.69 Å². The first-order chi connectivity index (χ1) is 13.3. The highest BCUT2D eigenvalue weighted by molar-refractivity contribution is 5.62. The zero-order valence-corrected chi connectivity index (χ0v) is 16.2. The third kappa shape index (κ3) is 3.55. The number of hydrogen-bond acceptors (Lipinski definition) is 7. The summed E-state index contributed by atoms with van der Waals surface area (Å²) in [5.41, 5.74) is 3.00. The monoisotopic (exact) mass is 381 g/mol. The number of hydrogen-bond donors (Lipinski definition) is 1. The summed E-state index contributed by atoms with van der Waals surface area (Å²) in [5, 5.41) is 18.6. The molecule has 0 saturated carbocycles. The van der Waals surface area contributed by atoms with Crippen molar-refractivity contribution in [3.05, 3.63) is 58.0 Å². The summed E-state index contributed by atoms with van der Waals surface area (Å²) in [7, 11) is 0. The van der Waals surface area contributed by atoms with Crippen molar-refractivity contribution in [2.75, 3.05) is 18.0 Å². The number of pyridine rings is 1. The average molecular weight is 381 g/mol. The van der Waals surface area contributed by atoms with Gasteiger partial charge in [-0.05, 0) is 39.3 Å². The van der Waals surface area contributed by atoms with Crippen LogP contribution in [0.15, 0.2) is 39.9 Å². The lowest BCUT2D eigenvalue weighted by atomic mass is 10.1. The van der Waals surface area contributed by atoms with Crippen LogP contribution in [0.2, 0.25) is 0 Å². The summed E-state index contributed by atoms with van der Waals surface area (Å²) in [5.74, 6) is 0.643. The van der Waals surface area contributed by atoms with E-state index in [2.05, 4.69) is 15.2 Å². The lowest BCUT2D eigenvalue weighted by molar-refractivity contribution is 0.0839. The Morgan fingerprint density at radius 2 is 2.11 bits per heavy atom. The summed E-state index contributed by atoms with van der Waals surface area (Å²) in [6.07, 6.45) is 4.08. The zero-order chi connectivity index (χ0) is 19.9. The molecule has 28 heavy (non-hydrogen) atoms. The van der Waals surface area contributed by atoms with Crippen molar-refractivity contribution in [3.63, 3.8) is 0 Å². The fourth-order valence-electron chi connectivity index (χ4n) is 3.44. The van der Waals surface area contributed by atoms with Gasteiger partial charge in [-0.15, -0.1) is 0 Å². The Morgan fingerprint density at radius 1 is 1.29 bits per heavy atom. The highest BCUT2D eigenvalue weighted by Gasteiger charge is 2.31. The minimum Gasteiger partial charge on any atom is -0.388 e. The molecular weight excluding hydrogens is 358 g/mol. The molecule has 0 aliphatic carbocycles. The van der Waals surface area contributed by atoms with Crippen molar-refractivity contribution in [2.24, 2.45) is 0 Å². The molecular formula is C20H23N5O3.